The van der Waals surface area contributed by atoms with Crippen LogP contribution >= 0.6 is 23.2 Å². The zero-order chi connectivity index (χ0) is 57.3. The van der Waals surface area contributed by atoms with Crippen LogP contribution in [-0.2, 0) is 84.6 Å². The number of likely N-dealkylation sites (tertiary alicyclic amines) is 4. The number of rotatable bonds is 24. The second kappa shape index (κ2) is 26.6. The molecule has 0 aliphatic carbocycles. The van der Waals surface area contributed by atoms with E-state index in [9.17, 15) is 62.3 Å². The second-order valence-corrected chi connectivity index (χ2v) is 20.6. The summed E-state index contributed by atoms with van der Waals surface area (Å²) in [6, 6.07) is 6.43. The number of amides is 10. The van der Waals surface area contributed by atoms with E-state index in [0.717, 1.165) is 9.80 Å². The van der Waals surface area contributed by atoms with Gasteiger partial charge in [0.15, 0.2) is 28.1 Å². The number of carbonyl (C=O) groups is 13. The number of nitrogens with one attached hydrogen (secondary N) is 4. The van der Waals surface area contributed by atoms with Crippen molar-refractivity contribution in [1.29, 1.82) is 0 Å². The van der Waals surface area contributed by atoms with E-state index in [1.165, 1.54) is 51.7 Å². The molecule has 23 nitrogen and oxygen atoms in total. The number of ether oxygens (including phenoxy) is 2. The van der Waals surface area contributed by atoms with E-state index in [4.69, 9.17) is 32.7 Å². The molecule has 0 radical (unpaired) electrons. The monoisotopic (exact) mass is 1120 g/mol. The van der Waals surface area contributed by atoms with E-state index >= 15 is 0 Å². The number of carbonyl (C=O) groups excluding carboxylic acids is 13. The van der Waals surface area contributed by atoms with Crippen LogP contribution in [0.5, 0.6) is 0 Å². The number of Topliss-reactive ketones (excluding diaryl/α,β-unsaturated/α-hetero) is 3. The van der Waals surface area contributed by atoms with E-state index in [2.05, 4.69) is 21.3 Å². The summed E-state index contributed by atoms with van der Waals surface area (Å²) in [5.41, 5.74) is 1.07. The molecule has 4 aliphatic heterocycles. The Morgan fingerprint density at radius 2 is 0.885 bits per heavy atom. The van der Waals surface area contributed by atoms with Crippen LogP contribution in [0.1, 0.15) is 77.3 Å². The minimum Gasteiger partial charge on any atom is -0.371 e. The topological polar surface area (TPSA) is 301 Å². The molecule has 4 fully saturated rings. The summed E-state index contributed by atoms with van der Waals surface area (Å²) in [6.07, 6.45) is -1.94. The smallest absolute Gasteiger partial charge is 0.259 e. The maximum absolute atomic E-state index is 14.4. The van der Waals surface area contributed by atoms with Crippen LogP contribution in [-0.4, -0.2) is 195 Å². The number of nitrogens with zero attached hydrogens (tertiary/aromatic N) is 4. The molecule has 25 heteroatoms. The highest BCUT2D eigenvalue weighted by Gasteiger charge is 2.47. The number of halogens is 2. The predicted octanol–water partition coefficient (Wildman–Crippen LogP) is -0.320. The highest BCUT2D eigenvalue weighted by molar-refractivity contribution is 6.53. The van der Waals surface area contributed by atoms with Crippen LogP contribution in [0.25, 0.3) is 0 Å². The highest BCUT2D eigenvalue weighted by Crippen LogP contribution is 2.25. The number of methoxy groups -OCH3 is 2. The number of benzene rings is 2. The van der Waals surface area contributed by atoms with E-state index in [1.807, 2.05) is 0 Å². The van der Waals surface area contributed by atoms with Crippen molar-refractivity contribution in [2.45, 2.75) is 150 Å². The first-order chi connectivity index (χ1) is 37.0. The van der Waals surface area contributed by atoms with Crippen molar-refractivity contribution in [3.63, 3.8) is 0 Å². The molecule has 78 heavy (non-hydrogen) atoms. The van der Waals surface area contributed by atoms with Crippen molar-refractivity contribution < 1.29 is 71.8 Å². The van der Waals surface area contributed by atoms with Gasteiger partial charge < -0.3 is 40.5 Å². The van der Waals surface area contributed by atoms with E-state index in [1.54, 1.807) is 60.7 Å². The summed E-state index contributed by atoms with van der Waals surface area (Å²) in [5, 5.41) is 6.06. The lowest BCUT2D eigenvalue weighted by Crippen LogP contribution is -2.58. The zero-order valence-corrected chi connectivity index (χ0v) is 45.5. The van der Waals surface area contributed by atoms with Crippen LogP contribution in [0, 0.1) is 0 Å². The van der Waals surface area contributed by atoms with Gasteiger partial charge in [-0.15, -0.1) is 23.2 Å². The van der Waals surface area contributed by atoms with Gasteiger partial charge in [-0.05, 0) is 77.3 Å². The molecule has 12 atom stereocenters. The summed E-state index contributed by atoms with van der Waals surface area (Å²) >= 11 is 13.3. The Morgan fingerprint density at radius 1 is 0.538 bits per heavy atom. The molecule has 6 rings (SSSR count). The van der Waals surface area contributed by atoms with Crippen LogP contribution in [0.3, 0.4) is 0 Å². The molecule has 4 N–H and O–H groups in total. The Morgan fingerprint density at radius 3 is 1.21 bits per heavy atom. The van der Waals surface area contributed by atoms with Crippen molar-refractivity contribution in [3.05, 3.63) is 71.8 Å². The Kier molecular flexibility index (Phi) is 20.6. The summed E-state index contributed by atoms with van der Waals surface area (Å²) in [6.45, 7) is 5.58. The molecule has 0 spiro atoms. The SMILES string of the molecule is COC1CC(=O)N([C@@H](C)C(=O)N[C@@H](C)C(=O)N2CCC[C@H]2C(=O)N[C@@H](Cc2ccccc2)C(=O)C(Cl)C(=O)C(Cl)C(=O)[C@H](Cc2ccccc2)NC(=O)[C@@H]2CCCN2C(=O)[C@H](C)NC(=O)[C@H](C)N2C(=O)CC(OC)C2=O)C1=O. The lowest BCUT2D eigenvalue weighted by Gasteiger charge is -2.30. The number of hydrogen-bond acceptors (Lipinski definition) is 15. The molecule has 0 saturated carbocycles. The first kappa shape index (κ1) is 60.3. The predicted molar refractivity (Wildman–Crippen MR) is 277 cm³/mol. The average Bonchev–Trinajstić information content (AvgIpc) is 4.24. The minimum absolute atomic E-state index is 0.0884. The van der Waals surface area contributed by atoms with Gasteiger partial charge in [0.2, 0.25) is 47.3 Å². The Labute approximate surface area is 460 Å². The van der Waals surface area contributed by atoms with E-state index < -0.39 is 148 Å². The van der Waals surface area contributed by atoms with Gasteiger partial charge in [0.1, 0.15) is 48.5 Å². The first-order valence-corrected chi connectivity index (χ1v) is 26.4. The molecule has 4 heterocycles. The molecule has 0 bridgehead atoms. The molecule has 420 valence electrons. The first-order valence-electron chi connectivity index (χ1n) is 25.6. The summed E-state index contributed by atoms with van der Waals surface area (Å²) in [5.74, 6) is -10.5. The quantitative estimate of drug-likeness (QED) is 0.0595. The van der Waals surface area contributed by atoms with E-state index in [0.29, 0.717) is 24.0 Å². The largest absolute Gasteiger partial charge is 0.371 e. The lowest BCUT2D eigenvalue weighted by molar-refractivity contribution is -0.149. The fraction of sp³-hybridized carbons (Fsp3) is 0.528. The van der Waals surface area contributed by atoms with Crippen molar-refractivity contribution in [3.8, 4) is 0 Å². The van der Waals surface area contributed by atoms with Gasteiger partial charge in [-0.25, -0.2) is 0 Å². The van der Waals surface area contributed by atoms with Crippen LogP contribution in [0.2, 0.25) is 0 Å². The van der Waals surface area contributed by atoms with Gasteiger partial charge in [-0.2, -0.15) is 0 Å². The molecular weight excluding hydrogens is 1060 g/mol. The third kappa shape index (κ3) is 13.7. The van der Waals surface area contributed by atoms with Crippen LogP contribution in [0.4, 0.5) is 0 Å². The highest BCUT2D eigenvalue weighted by atomic mass is 35.5. The van der Waals surface area contributed by atoms with Gasteiger partial charge >= 0.3 is 0 Å². The van der Waals surface area contributed by atoms with E-state index in [-0.39, 0.29) is 51.6 Å². The molecule has 4 aliphatic rings. The maximum Gasteiger partial charge on any atom is 0.259 e. The Hall–Kier alpha value is -6.95. The number of ketones is 3. The zero-order valence-electron chi connectivity index (χ0n) is 43.9. The molecule has 10 amide bonds. The van der Waals surface area contributed by atoms with Gasteiger partial charge in [0, 0.05) is 27.3 Å². The molecule has 2 aromatic rings. The van der Waals surface area contributed by atoms with Crippen molar-refractivity contribution in [2.75, 3.05) is 27.3 Å². The standard InChI is InChI=1S/C53H64Cl2N8O15/c1-27(56-46(69)29(3)62-39(64)25-37(77-5)52(62)75)50(73)60-21-13-19-35(60)48(71)58-33(23-31-15-9-7-10-16-31)43(66)41(54)45(68)42(55)44(67)34(24-32-17-11-8-12-18-32)59-49(72)36-20-14-22-61(36)51(74)28(2)57-47(70)30(4)63-40(65)26-38(78-6)53(63)76/h7-12,15-18,27-30,33-38,41-42H,13-14,19-26H2,1-6H3,(H,56,69)(H,57,70)(H,58,71)(H,59,72)/t27-,28-,29-,30-,33-,34-,35-,36-,37?,38?,41?,42?/m0/s1. The van der Waals surface area contributed by atoms with Gasteiger partial charge in [-0.1, -0.05) is 60.7 Å². The van der Waals surface area contributed by atoms with Gasteiger partial charge in [0.05, 0.1) is 24.9 Å². The summed E-state index contributed by atoms with van der Waals surface area (Å²) in [4.78, 5) is 180. The van der Waals surface area contributed by atoms with Crippen LogP contribution < -0.4 is 21.3 Å². The normalized spacial score (nSPS) is 22.5. The fourth-order valence-corrected chi connectivity index (χ4v) is 10.6. The third-order valence-corrected chi connectivity index (χ3v) is 15.3. The number of alkyl halides is 2. The minimum atomic E-state index is -2.13. The average molecular weight is 1120 g/mol. The van der Waals surface area contributed by atoms with Crippen molar-refractivity contribution in [1.82, 2.24) is 40.9 Å². The molecule has 4 unspecified atom stereocenters. The molecule has 2 aromatic carbocycles. The summed E-state index contributed by atoms with van der Waals surface area (Å²) < 4.78 is 10.1. The Balaban J connectivity index is 1.13. The fourth-order valence-electron chi connectivity index (χ4n) is 10.00. The Bertz CT molecular complexity index is 2500. The van der Waals surface area contributed by atoms with Crippen LogP contribution in [0.15, 0.2) is 60.7 Å². The second-order valence-electron chi connectivity index (χ2n) is 19.7. The molecule has 0 aromatic heterocycles. The van der Waals surface area contributed by atoms with Gasteiger partial charge in [-0.3, -0.25) is 72.1 Å². The number of imide groups is 2. The number of hydrogen-bond donors (Lipinski definition) is 4. The van der Waals surface area contributed by atoms with Crippen molar-refractivity contribution >= 4 is 99.6 Å². The molecular formula is C53H64Cl2N8O15. The lowest BCUT2D eigenvalue weighted by atomic mass is 9.94. The molecule has 4 saturated heterocycles. The van der Waals surface area contributed by atoms with Gasteiger partial charge in [0.25, 0.3) is 11.8 Å². The maximum atomic E-state index is 14.4. The summed E-state index contributed by atoms with van der Waals surface area (Å²) in [7, 11) is 2.52. The van der Waals surface area contributed by atoms with Crippen molar-refractivity contribution in [2.24, 2.45) is 0 Å². The third-order valence-electron chi connectivity index (χ3n) is 14.4.